The summed E-state index contributed by atoms with van der Waals surface area (Å²) in [5.74, 6) is 0. The third-order valence-electron chi connectivity index (χ3n) is 3.61. The maximum absolute atomic E-state index is 2.63. The second kappa shape index (κ2) is 7.58. The number of rotatable bonds is 2. The first-order valence-corrected chi connectivity index (χ1v) is 7.53. The normalized spacial score (nSPS) is 22.1. The number of allylic oxidation sites excluding steroid dienone is 3. The summed E-state index contributed by atoms with van der Waals surface area (Å²) < 4.78 is 0. The van der Waals surface area contributed by atoms with Crippen LogP contribution in [-0.2, 0) is 0 Å². The molecule has 0 aromatic heterocycles. The maximum atomic E-state index is 2.63. The largest absolute Gasteiger partial charge is 0.371 e. The lowest BCUT2D eigenvalue weighted by Gasteiger charge is -2.39. The zero-order valence-corrected chi connectivity index (χ0v) is 12.2. The first-order chi connectivity index (χ1) is 8.36. The molecule has 1 saturated heterocycles. The topological polar surface area (TPSA) is 3.24 Å². The van der Waals surface area contributed by atoms with Gasteiger partial charge >= 0.3 is 0 Å². The van der Waals surface area contributed by atoms with E-state index in [2.05, 4.69) is 24.8 Å². The monoisotopic (exact) mass is 235 g/mol. The molecule has 0 aliphatic carbocycles. The molecule has 1 fully saturated rings. The Balaban J connectivity index is 0.000000686. The summed E-state index contributed by atoms with van der Waals surface area (Å²) in [6, 6.07) is 0. The minimum Gasteiger partial charge on any atom is -0.371 e. The number of hydrogen-bond acceptors (Lipinski definition) is 1. The van der Waals surface area contributed by atoms with Crippen molar-refractivity contribution in [2.75, 3.05) is 13.1 Å². The van der Waals surface area contributed by atoms with E-state index in [-0.39, 0.29) is 0 Å². The van der Waals surface area contributed by atoms with Crippen LogP contribution in [0.4, 0.5) is 0 Å². The predicted octanol–water partition coefficient (Wildman–Crippen LogP) is 4.90. The van der Waals surface area contributed by atoms with Gasteiger partial charge in [-0.15, -0.1) is 0 Å². The highest BCUT2D eigenvalue weighted by atomic mass is 15.1. The van der Waals surface area contributed by atoms with E-state index in [1.807, 2.05) is 13.8 Å². The lowest BCUT2D eigenvalue weighted by molar-refractivity contribution is 0.293. The molecule has 0 saturated carbocycles. The van der Waals surface area contributed by atoms with E-state index in [0.717, 1.165) is 0 Å². The average molecular weight is 235 g/mol. The van der Waals surface area contributed by atoms with Crippen LogP contribution in [0, 0.1) is 0 Å². The molecule has 98 valence electrons. The molecular weight excluding hydrogens is 206 g/mol. The lowest BCUT2D eigenvalue weighted by atomic mass is 9.89. The van der Waals surface area contributed by atoms with Crippen LogP contribution >= 0.6 is 0 Å². The molecule has 0 N–H and O–H groups in total. The molecule has 0 aromatic carbocycles. The van der Waals surface area contributed by atoms with Gasteiger partial charge in [-0.1, -0.05) is 33.8 Å². The summed E-state index contributed by atoms with van der Waals surface area (Å²) >= 11 is 0. The Bertz CT molecular complexity index is 286. The van der Waals surface area contributed by atoms with E-state index < -0.39 is 0 Å². The Kier molecular flexibility index (Phi) is 6.39. The van der Waals surface area contributed by atoms with Gasteiger partial charge in [0.1, 0.15) is 0 Å². The highest BCUT2D eigenvalue weighted by molar-refractivity contribution is 5.37. The van der Waals surface area contributed by atoms with Crippen LogP contribution < -0.4 is 0 Å². The standard InChI is InChI=1S/C14H23N.C2H6/c1-3-7-13-9-6-11-15-10-5-8-12(4-2)14(13)15;1-2/h7H,3-6,8-11H2,1-2H3;1-2H3/b13-7-;. The first kappa shape index (κ1) is 14.3. The molecule has 0 unspecified atom stereocenters. The maximum Gasteiger partial charge on any atom is 0.0387 e. The zero-order valence-electron chi connectivity index (χ0n) is 12.2. The van der Waals surface area contributed by atoms with Crippen LogP contribution in [0.25, 0.3) is 0 Å². The van der Waals surface area contributed by atoms with Crippen molar-refractivity contribution in [2.24, 2.45) is 0 Å². The van der Waals surface area contributed by atoms with Crippen molar-refractivity contribution < 1.29 is 0 Å². The van der Waals surface area contributed by atoms with Gasteiger partial charge in [-0.05, 0) is 49.7 Å². The predicted molar refractivity (Wildman–Crippen MR) is 77.1 cm³/mol. The molecule has 1 nitrogen and oxygen atoms in total. The number of piperidine rings is 1. The summed E-state index contributed by atoms with van der Waals surface area (Å²) in [5.41, 5.74) is 4.98. The number of nitrogens with zero attached hydrogens (tertiary/aromatic N) is 1. The van der Waals surface area contributed by atoms with Crippen molar-refractivity contribution >= 4 is 0 Å². The molecule has 1 heteroatoms. The SMILES string of the molecule is CC.CC/C=C1/CCCN2CCCC(CC)=C12. The molecular formula is C16H29N. The van der Waals surface area contributed by atoms with E-state index in [1.165, 1.54) is 51.6 Å². The average Bonchev–Trinajstić information content (AvgIpc) is 2.41. The fourth-order valence-electron chi connectivity index (χ4n) is 2.96. The minimum absolute atomic E-state index is 1.18. The van der Waals surface area contributed by atoms with Gasteiger partial charge in [0.25, 0.3) is 0 Å². The van der Waals surface area contributed by atoms with Gasteiger partial charge in [0, 0.05) is 18.8 Å². The Hall–Kier alpha value is -0.720. The van der Waals surface area contributed by atoms with Crippen molar-refractivity contribution in [2.45, 2.75) is 66.2 Å². The fraction of sp³-hybridized carbons (Fsp3) is 0.750. The molecule has 17 heavy (non-hydrogen) atoms. The zero-order chi connectivity index (χ0) is 12.7. The van der Waals surface area contributed by atoms with Crippen molar-refractivity contribution in [3.63, 3.8) is 0 Å². The lowest BCUT2D eigenvalue weighted by Crippen LogP contribution is -2.34. The molecule has 2 aliphatic rings. The van der Waals surface area contributed by atoms with Crippen molar-refractivity contribution in [3.05, 3.63) is 22.9 Å². The molecule has 2 aliphatic heterocycles. The molecule has 2 rings (SSSR count). The van der Waals surface area contributed by atoms with E-state index in [9.17, 15) is 0 Å². The Morgan fingerprint density at radius 3 is 2.29 bits per heavy atom. The highest BCUT2D eigenvalue weighted by Gasteiger charge is 2.24. The van der Waals surface area contributed by atoms with Gasteiger partial charge in [-0.3, -0.25) is 0 Å². The van der Waals surface area contributed by atoms with Crippen LogP contribution in [0.5, 0.6) is 0 Å². The summed E-state index contributed by atoms with van der Waals surface area (Å²) in [4.78, 5) is 2.63. The van der Waals surface area contributed by atoms with Gasteiger partial charge in [0.2, 0.25) is 0 Å². The molecule has 2 heterocycles. The van der Waals surface area contributed by atoms with E-state index >= 15 is 0 Å². The van der Waals surface area contributed by atoms with Crippen molar-refractivity contribution in [1.29, 1.82) is 0 Å². The second-order valence-corrected chi connectivity index (χ2v) is 4.64. The highest BCUT2D eigenvalue weighted by Crippen LogP contribution is 2.35. The quantitative estimate of drug-likeness (QED) is 0.658. The molecule has 0 amide bonds. The third-order valence-corrected chi connectivity index (χ3v) is 3.61. The second-order valence-electron chi connectivity index (χ2n) is 4.64. The molecule has 0 bridgehead atoms. The van der Waals surface area contributed by atoms with Crippen LogP contribution in [-0.4, -0.2) is 18.0 Å². The van der Waals surface area contributed by atoms with Gasteiger partial charge < -0.3 is 4.90 Å². The van der Waals surface area contributed by atoms with Crippen LogP contribution in [0.2, 0.25) is 0 Å². The smallest absolute Gasteiger partial charge is 0.0387 e. The van der Waals surface area contributed by atoms with Crippen LogP contribution in [0.15, 0.2) is 22.9 Å². The van der Waals surface area contributed by atoms with E-state index in [0.29, 0.717) is 0 Å². The summed E-state index contributed by atoms with van der Waals surface area (Å²) in [6.07, 6.45) is 10.2. The van der Waals surface area contributed by atoms with E-state index in [1.54, 1.807) is 16.8 Å². The molecule has 0 radical (unpaired) electrons. The summed E-state index contributed by atoms with van der Waals surface area (Å²) in [6.45, 7) is 11.1. The van der Waals surface area contributed by atoms with Crippen LogP contribution in [0.1, 0.15) is 66.2 Å². The molecule has 0 aromatic rings. The third kappa shape index (κ3) is 3.37. The van der Waals surface area contributed by atoms with Gasteiger partial charge in [-0.25, -0.2) is 0 Å². The van der Waals surface area contributed by atoms with Gasteiger partial charge in [-0.2, -0.15) is 0 Å². The summed E-state index contributed by atoms with van der Waals surface area (Å²) in [5, 5.41) is 0. The minimum atomic E-state index is 1.18. The van der Waals surface area contributed by atoms with Gasteiger partial charge in [0.05, 0.1) is 0 Å². The molecule has 0 spiro atoms. The number of hydrogen-bond donors (Lipinski definition) is 0. The van der Waals surface area contributed by atoms with E-state index in [4.69, 9.17) is 0 Å². The first-order valence-electron chi connectivity index (χ1n) is 7.53. The van der Waals surface area contributed by atoms with Crippen molar-refractivity contribution in [3.8, 4) is 0 Å². The Morgan fingerprint density at radius 1 is 1.06 bits per heavy atom. The summed E-state index contributed by atoms with van der Waals surface area (Å²) in [7, 11) is 0. The number of fused-ring (bicyclic) bond motifs is 1. The van der Waals surface area contributed by atoms with Crippen LogP contribution in [0.3, 0.4) is 0 Å². The Labute approximate surface area is 108 Å². The van der Waals surface area contributed by atoms with Gasteiger partial charge in [0.15, 0.2) is 0 Å². The Morgan fingerprint density at radius 2 is 1.71 bits per heavy atom. The molecule has 0 atom stereocenters. The fourth-order valence-corrected chi connectivity index (χ4v) is 2.96. The van der Waals surface area contributed by atoms with Crippen molar-refractivity contribution in [1.82, 2.24) is 4.90 Å².